The molecule has 2 N–H and O–H groups in total. The van der Waals surface area contributed by atoms with E-state index in [0.29, 0.717) is 11.4 Å². The van der Waals surface area contributed by atoms with Crippen LogP contribution in [0.4, 0.5) is 11.4 Å². The molecular formula is C14H13BrN2O2S. The third-order valence-corrected chi connectivity index (χ3v) is 4.82. The van der Waals surface area contributed by atoms with Gasteiger partial charge in [0.05, 0.1) is 15.5 Å². The lowest BCUT2D eigenvalue weighted by Gasteiger charge is -2.20. The number of fused-ring (bicyclic) bond motifs is 1. The maximum absolute atomic E-state index is 11.3. The first-order valence-electron chi connectivity index (χ1n) is 6.20. The molecule has 1 amide bonds. The number of nitrogens with one attached hydrogen (secondary N) is 2. The maximum Gasteiger partial charge on any atom is 0.262 e. The Morgan fingerprint density at radius 2 is 2.25 bits per heavy atom. The van der Waals surface area contributed by atoms with E-state index < -0.39 is 0 Å². The van der Waals surface area contributed by atoms with E-state index in [0.717, 1.165) is 9.47 Å². The molecule has 0 saturated carbocycles. The Labute approximate surface area is 129 Å². The number of ether oxygens (including phenoxy) is 1. The summed E-state index contributed by atoms with van der Waals surface area (Å²) >= 11 is 5.17. The van der Waals surface area contributed by atoms with Gasteiger partial charge in [0.1, 0.15) is 5.75 Å². The van der Waals surface area contributed by atoms with Crippen molar-refractivity contribution in [3.05, 3.63) is 39.0 Å². The van der Waals surface area contributed by atoms with Gasteiger partial charge in [-0.2, -0.15) is 0 Å². The minimum absolute atomic E-state index is 0.0827. The van der Waals surface area contributed by atoms with Gasteiger partial charge in [0, 0.05) is 10.6 Å². The summed E-state index contributed by atoms with van der Waals surface area (Å²) < 4.78 is 6.46. The summed E-state index contributed by atoms with van der Waals surface area (Å²) in [6.45, 7) is 2.19. The van der Waals surface area contributed by atoms with E-state index in [1.54, 1.807) is 11.3 Å². The molecule has 3 rings (SSSR count). The van der Waals surface area contributed by atoms with E-state index in [1.165, 1.54) is 4.88 Å². The fourth-order valence-electron chi connectivity index (χ4n) is 2.06. The number of benzene rings is 1. The molecule has 1 aromatic carbocycles. The van der Waals surface area contributed by atoms with Crippen molar-refractivity contribution in [2.24, 2.45) is 0 Å². The Bertz CT molecular complexity index is 656. The normalized spacial score (nSPS) is 15.0. The highest BCUT2D eigenvalue weighted by Crippen LogP contribution is 2.33. The van der Waals surface area contributed by atoms with Crippen molar-refractivity contribution in [1.29, 1.82) is 0 Å². The van der Waals surface area contributed by atoms with Crippen molar-refractivity contribution in [3.8, 4) is 5.75 Å². The predicted molar refractivity (Wildman–Crippen MR) is 84.6 cm³/mol. The monoisotopic (exact) mass is 352 g/mol. The van der Waals surface area contributed by atoms with Crippen LogP contribution in [-0.2, 0) is 4.79 Å². The van der Waals surface area contributed by atoms with E-state index in [2.05, 4.69) is 39.6 Å². The molecule has 0 aliphatic carbocycles. The first-order valence-corrected chi connectivity index (χ1v) is 7.81. The molecule has 1 unspecified atom stereocenters. The van der Waals surface area contributed by atoms with Gasteiger partial charge in [-0.05, 0) is 53.2 Å². The van der Waals surface area contributed by atoms with Crippen LogP contribution >= 0.6 is 27.3 Å². The van der Waals surface area contributed by atoms with Gasteiger partial charge in [0.15, 0.2) is 6.61 Å². The lowest BCUT2D eigenvalue weighted by molar-refractivity contribution is -0.118. The van der Waals surface area contributed by atoms with Crippen molar-refractivity contribution < 1.29 is 9.53 Å². The number of amides is 1. The van der Waals surface area contributed by atoms with E-state index in [-0.39, 0.29) is 18.6 Å². The molecule has 1 aliphatic heterocycles. The summed E-state index contributed by atoms with van der Waals surface area (Å²) in [6, 6.07) is 10.0. The van der Waals surface area contributed by atoms with Crippen LogP contribution in [0.15, 0.2) is 34.1 Å². The maximum atomic E-state index is 11.3. The molecule has 104 valence electrons. The minimum Gasteiger partial charge on any atom is -0.482 e. The average Bonchev–Trinajstić information content (AvgIpc) is 2.85. The van der Waals surface area contributed by atoms with Gasteiger partial charge in [-0.3, -0.25) is 4.79 Å². The molecule has 2 aromatic rings. The summed E-state index contributed by atoms with van der Waals surface area (Å²) in [7, 11) is 0. The largest absolute Gasteiger partial charge is 0.482 e. The van der Waals surface area contributed by atoms with Crippen LogP contribution in [0, 0.1) is 0 Å². The van der Waals surface area contributed by atoms with Crippen LogP contribution in [0.1, 0.15) is 17.8 Å². The number of carbonyl (C=O) groups is 1. The molecule has 0 fully saturated rings. The van der Waals surface area contributed by atoms with Crippen molar-refractivity contribution >= 4 is 44.5 Å². The molecule has 0 bridgehead atoms. The number of carbonyl (C=O) groups excluding carboxylic acids is 1. The molecule has 0 spiro atoms. The van der Waals surface area contributed by atoms with Crippen molar-refractivity contribution in [2.75, 3.05) is 17.2 Å². The molecule has 20 heavy (non-hydrogen) atoms. The third kappa shape index (κ3) is 2.81. The highest BCUT2D eigenvalue weighted by molar-refractivity contribution is 9.11. The van der Waals surface area contributed by atoms with Crippen LogP contribution in [0.2, 0.25) is 0 Å². The molecule has 1 atom stereocenters. The Morgan fingerprint density at radius 1 is 1.40 bits per heavy atom. The first-order chi connectivity index (χ1) is 9.61. The zero-order valence-electron chi connectivity index (χ0n) is 10.8. The van der Waals surface area contributed by atoms with Crippen LogP contribution < -0.4 is 15.4 Å². The number of anilines is 2. The highest BCUT2D eigenvalue weighted by atomic mass is 79.9. The number of thiophene rings is 1. The highest BCUT2D eigenvalue weighted by Gasteiger charge is 2.16. The van der Waals surface area contributed by atoms with Gasteiger partial charge in [-0.1, -0.05) is 0 Å². The van der Waals surface area contributed by atoms with Gasteiger partial charge >= 0.3 is 0 Å². The topological polar surface area (TPSA) is 50.4 Å². The molecule has 6 heteroatoms. The van der Waals surface area contributed by atoms with Gasteiger partial charge in [-0.25, -0.2) is 0 Å². The number of halogens is 1. The second-order valence-corrected chi connectivity index (χ2v) is 7.05. The lowest BCUT2D eigenvalue weighted by Crippen LogP contribution is -2.25. The van der Waals surface area contributed by atoms with Gasteiger partial charge < -0.3 is 15.4 Å². The second kappa shape index (κ2) is 5.46. The SMILES string of the molecule is CC(Nc1ccc2c(c1)NC(=O)CO2)c1ccc(Br)s1. The Kier molecular flexibility index (Phi) is 3.67. The van der Waals surface area contributed by atoms with Crippen molar-refractivity contribution in [1.82, 2.24) is 0 Å². The van der Waals surface area contributed by atoms with E-state index in [1.807, 2.05) is 24.3 Å². The van der Waals surface area contributed by atoms with E-state index >= 15 is 0 Å². The smallest absolute Gasteiger partial charge is 0.262 e. The van der Waals surface area contributed by atoms with Gasteiger partial charge in [0.2, 0.25) is 0 Å². The van der Waals surface area contributed by atoms with Gasteiger partial charge in [-0.15, -0.1) is 11.3 Å². The van der Waals surface area contributed by atoms with E-state index in [9.17, 15) is 4.79 Å². The average molecular weight is 353 g/mol. The Balaban J connectivity index is 1.78. The van der Waals surface area contributed by atoms with Crippen molar-refractivity contribution in [2.45, 2.75) is 13.0 Å². The first kappa shape index (κ1) is 13.5. The number of rotatable bonds is 3. The minimum atomic E-state index is -0.120. The van der Waals surface area contributed by atoms with Crippen LogP contribution in [0.5, 0.6) is 5.75 Å². The Morgan fingerprint density at radius 3 is 3.00 bits per heavy atom. The zero-order valence-corrected chi connectivity index (χ0v) is 13.2. The lowest BCUT2D eigenvalue weighted by atomic mass is 10.2. The fourth-order valence-corrected chi connectivity index (χ4v) is 3.48. The fraction of sp³-hybridized carbons (Fsp3) is 0.214. The molecule has 0 radical (unpaired) electrons. The number of hydrogen-bond acceptors (Lipinski definition) is 4. The summed E-state index contributed by atoms with van der Waals surface area (Å²) in [4.78, 5) is 12.6. The van der Waals surface area contributed by atoms with E-state index in [4.69, 9.17) is 4.74 Å². The molecule has 1 aliphatic rings. The Hall–Kier alpha value is -1.53. The van der Waals surface area contributed by atoms with Crippen LogP contribution in [0.3, 0.4) is 0 Å². The summed E-state index contributed by atoms with van der Waals surface area (Å²) in [6.07, 6.45) is 0. The third-order valence-electron chi connectivity index (χ3n) is 3.02. The summed E-state index contributed by atoms with van der Waals surface area (Å²) in [5.74, 6) is 0.589. The summed E-state index contributed by atoms with van der Waals surface area (Å²) in [5.41, 5.74) is 1.66. The molecule has 1 aromatic heterocycles. The van der Waals surface area contributed by atoms with Crippen LogP contribution in [0.25, 0.3) is 0 Å². The van der Waals surface area contributed by atoms with Crippen LogP contribution in [-0.4, -0.2) is 12.5 Å². The van der Waals surface area contributed by atoms with Crippen molar-refractivity contribution in [3.63, 3.8) is 0 Å². The molecule has 0 saturated heterocycles. The molecule has 2 heterocycles. The standard InChI is InChI=1S/C14H13BrN2O2S/c1-8(12-4-5-13(15)20-12)16-9-2-3-11-10(6-9)17-14(18)7-19-11/h2-6,8,16H,7H2,1H3,(H,17,18). The molecule has 4 nitrogen and oxygen atoms in total. The quantitative estimate of drug-likeness (QED) is 0.877. The molecular weight excluding hydrogens is 340 g/mol. The van der Waals surface area contributed by atoms with Gasteiger partial charge in [0.25, 0.3) is 5.91 Å². The zero-order chi connectivity index (χ0) is 14.1. The second-order valence-electron chi connectivity index (χ2n) is 4.56. The number of hydrogen-bond donors (Lipinski definition) is 2. The summed E-state index contributed by atoms with van der Waals surface area (Å²) in [5, 5.41) is 6.23. The predicted octanol–water partition coefficient (Wildman–Crippen LogP) is 4.01.